The second kappa shape index (κ2) is 2.70. The van der Waals surface area contributed by atoms with Gasteiger partial charge in [0.15, 0.2) is 5.65 Å². The van der Waals surface area contributed by atoms with Gasteiger partial charge in [0, 0.05) is 11.5 Å². The molecule has 1 aliphatic carbocycles. The van der Waals surface area contributed by atoms with Crippen molar-refractivity contribution in [3.05, 3.63) is 22.9 Å². The van der Waals surface area contributed by atoms with Crippen LogP contribution in [0.2, 0.25) is 5.15 Å². The zero-order chi connectivity index (χ0) is 10.6. The third kappa shape index (κ3) is 1.24. The first-order chi connectivity index (χ1) is 7.10. The fourth-order valence-corrected chi connectivity index (χ4v) is 2.07. The Balaban J connectivity index is 2.33. The Morgan fingerprint density at radius 3 is 2.80 bits per heavy atom. The summed E-state index contributed by atoms with van der Waals surface area (Å²) in [5, 5.41) is 8.85. The van der Waals surface area contributed by atoms with Crippen LogP contribution in [-0.4, -0.2) is 19.6 Å². The highest BCUT2D eigenvalue weighted by molar-refractivity contribution is 6.29. The maximum Gasteiger partial charge on any atom is 0.165 e. The summed E-state index contributed by atoms with van der Waals surface area (Å²) >= 11 is 5.87. The number of rotatable bonds is 1. The van der Waals surface area contributed by atoms with Gasteiger partial charge < -0.3 is 0 Å². The van der Waals surface area contributed by atoms with Crippen LogP contribution >= 0.6 is 11.6 Å². The molecule has 0 aliphatic heterocycles. The quantitative estimate of drug-likeness (QED) is 0.695. The molecule has 0 radical (unpaired) electrons. The summed E-state index contributed by atoms with van der Waals surface area (Å²) in [6.07, 6.45) is 2.35. The van der Waals surface area contributed by atoms with Crippen LogP contribution in [0, 0.1) is 6.92 Å². The minimum absolute atomic E-state index is 0.194. The molecule has 4 nitrogen and oxygen atoms in total. The highest BCUT2D eigenvalue weighted by Crippen LogP contribution is 2.46. The minimum Gasteiger partial charge on any atom is -0.266 e. The molecule has 78 valence electrons. The van der Waals surface area contributed by atoms with Crippen molar-refractivity contribution in [1.82, 2.24) is 19.6 Å². The van der Waals surface area contributed by atoms with E-state index in [1.165, 1.54) is 12.8 Å². The van der Waals surface area contributed by atoms with Crippen LogP contribution in [0.4, 0.5) is 0 Å². The molecular weight excluding hydrogens is 212 g/mol. The van der Waals surface area contributed by atoms with Gasteiger partial charge in [-0.2, -0.15) is 0 Å². The predicted molar refractivity (Wildman–Crippen MR) is 57.1 cm³/mol. The summed E-state index contributed by atoms with van der Waals surface area (Å²) < 4.78 is 2.00. The van der Waals surface area contributed by atoms with Crippen LogP contribution in [0.3, 0.4) is 0 Å². The van der Waals surface area contributed by atoms with Crippen molar-refractivity contribution in [2.24, 2.45) is 0 Å². The predicted octanol–water partition coefficient (Wildman–Crippen LogP) is 2.14. The molecule has 5 heteroatoms. The van der Waals surface area contributed by atoms with Gasteiger partial charge in [-0.25, -0.2) is 4.98 Å². The molecule has 0 saturated heterocycles. The van der Waals surface area contributed by atoms with Crippen molar-refractivity contribution < 1.29 is 0 Å². The van der Waals surface area contributed by atoms with Crippen molar-refractivity contribution in [2.75, 3.05) is 0 Å². The number of nitrogens with zero attached hydrogens (tertiary/aromatic N) is 4. The standard InChI is InChI=1S/C10H11ClN4/c1-6-12-7(11)5-8-13-14-9(15(6)8)10(2)3-4-10/h5H,3-4H2,1-2H3. The van der Waals surface area contributed by atoms with E-state index in [1.807, 2.05) is 11.3 Å². The number of fused-ring (bicyclic) bond motifs is 1. The van der Waals surface area contributed by atoms with Crippen LogP contribution in [0.15, 0.2) is 6.07 Å². The van der Waals surface area contributed by atoms with E-state index in [9.17, 15) is 0 Å². The Labute approximate surface area is 92.3 Å². The molecule has 0 aromatic carbocycles. The average Bonchev–Trinajstić information content (AvgIpc) is 2.76. The Hall–Kier alpha value is -1.16. The fraction of sp³-hybridized carbons (Fsp3) is 0.500. The van der Waals surface area contributed by atoms with Gasteiger partial charge in [-0.3, -0.25) is 4.40 Å². The lowest BCUT2D eigenvalue weighted by Crippen LogP contribution is -2.09. The SMILES string of the molecule is Cc1nc(Cl)cc2nnc(C3(C)CC3)n12. The highest BCUT2D eigenvalue weighted by atomic mass is 35.5. The molecule has 2 heterocycles. The van der Waals surface area contributed by atoms with Crippen molar-refractivity contribution in [2.45, 2.75) is 32.1 Å². The van der Waals surface area contributed by atoms with Gasteiger partial charge in [0.05, 0.1) is 0 Å². The number of aromatic nitrogens is 4. The number of aryl methyl sites for hydroxylation is 1. The zero-order valence-electron chi connectivity index (χ0n) is 8.66. The van der Waals surface area contributed by atoms with E-state index in [0.717, 1.165) is 17.3 Å². The second-order valence-electron chi connectivity index (χ2n) is 4.40. The number of hydrogen-bond donors (Lipinski definition) is 0. The third-order valence-corrected chi connectivity index (χ3v) is 3.26. The van der Waals surface area contributed by atoms with E-state index in [-0.39, 0.29) is 5.41 Å². The first kappa shape index (κ1) is 9.09. The van der Waals surface area contributed by atoms with Crippen LogP contribution in [0.25, 0.3) is 5.65 Å². The van der Waals surface area contributed by atoms with Gasteiger partial charge in [0.25, 0.3) is 0 Å². The summed E-state index contributed by atoms with van der Waals surface area (Å²) in [5.41, 5.74) is 0.982. The maximum atomic E-state index is 5.87. The van der Waals surface area contributed by atoms with Crippen molar-refractivity contribution in [3.63, 3.8) is 0 Å². The largest absolute Gasteiger partial charge is 0.266 e. The van der Waals surface area contributed by atoms with Gasteiger partial charge in [-0.1, -0.05) is 18.5 Å². The lowest BCUT2D eigenvalue weighted by atomic mass is 10.1. The molecule has 2 aromatic heterocycles. The Morgan fingerprint density at radius 1 is 1.40 bits per heavy atom. The summed E-state index contributed by atoms with van der Waals surface area (Å²) in [5.74, 6) is 1.87. The minimum atomic E-state index is 0.194. The molecular formula is C10H11ClN4. The molecule has 1 fully saturated rings. The van der Waals surface area contributed by atoms with E-state index in [2.05, 4.69) is 22.1 Å². The number of halogens is 1. The van der Waals surface area contributed by atoms with E-state index in [0.29, 0.717) is 5.15 Å². The van der Waals surface area contributed by atoms with Gasteiger partial charge in [-0.15, -0.1) is 10.2 Å². The van der Waals surface area contributed by atoms with Crippen molar-refractivity contribution in [1.29, 1.82) is 0 Å². The zero-order valence-corrected chi connectivity index (χ0v) is 9.41. The highest BCUT2D eigenvalue weighted by Gasteiger charge is 2.43. The van der Waals surface area contributed by atoms with E-state index in [4.69, 9.17) is 11.6 Å². The van der Waals surface area contributed by atoms with Gasteiger partial charge >= 0.3 is 0 Å². The first-order valence-electron chi connectivity index (χ1n) is 4.99. The Kier molecular flexibility index (Phi) is 1.63. The molecule has 2 aromatic rings. The Bertz CT molecular complexity index is 542. The van der Waals surface area contributed by atoms with E-state index >= 15 is 0 Å². The first-order valence-corrected chi connectivity index (χ1v) is 5.37. The topological polar surface area (TPSA) is 43.1 Å². The molecule has 0 amide bonds. The summed E-state index contributed by atoms with van der Waals surface area (Å²) in [7, 11) is 0. The molecule has 0 spiro atoms. The molecule has 3 rings (SSSR count). The molecule has 1 aliphatic rings. The third-order valence-electron chi connectivity index (χ3n) is 3.07. The summed E-state index contributed by atoms with van der Waals surface area (Å²) in [4.78, 5) is 4.22. The Morgan fingerprint density at radius 2 is 2.13 bits per heavy atom. The number of hydrogen-bond acceptors (Lipinski definition) is 3. The lowest BCUT2D eigenvalue weighted by Gasteiger charge is -2.07. The van der Waals surface area contributed by atoms with Crippen LogP contribution in [-0.2, 0) is 5.41 Å². The normalized spacial score (nSPS) is 18.3. The molecule has 0 unspecified atom stereocenters. The monoisotopic (exact) mass is 222 g/mol. The van der Waals surface area contributed by atoms with Gasteiger partial charge in [-0.05, 0) is 19.8 Å². The average molecular weight is 223 g/mol. The van der Waals surface area contributed by atoms with Gasteiger partial charge in [0.1, 0.15) is 16.8 Å². The van der Waals surface area contributed by atoms with Crippen LogP contribution in [0.5, 0.6) is 0 Å². The van der Waals surface area contributed by atoms with E-state index in [1.54, 1.807) is 6.07 Å². The summed E-state index contributed by atoms with van der Waals surface area (Å²) in [6, 6.07) is 1.75. The molecule has 0 N–H and O–H groups in total. The summed E-state index contributed by atoms with van der Waals surface area (Å²) in [6.45, 7) is 4.13. The second-order valence-corrected chi connectivity index (χ2v) is 4.79. The maximum absolute atomic E-state index is 5.87. The fourth-order valence-electron chi connectivity index (χ4n) is 1.85. The van der Waals surface area contributed by atoms with Gasteiger partial charge in [0.2, 0.25) is 0 Å². The molecule has 1 saturated carbocycles. The van der Waals surface area contributed by atoms with Crippen molar-refractivity contribution >= 4 is 17.2 Å². The van der Waals surface area contributed by atoms with Crippen molar-refractivity contribution in [3.8, 4) is 0 Å². The van der Waals surface area contributed by atoms with Crippen LogP contribution in [0.1, 0.15) is 31.4 Å². The van der Waals surface area contributed by atoms with E-state index < -0.39 is 0 Å². The molecule has 15 heavy (non-hydrogen) atoms. The lowest BCUT2D eigenvalue weighted by molar-refractivity contribution is 0.685. The molecule has 0 atom stereocenters. The van der Waals surface area contributed by atoms with Crippen LogP contribution < -0.4 is 0 Å². The smallest absolute Gasteiger partial charge is 0.165 e. The molecule has 0 bridgehead atoms.